The molecule has 3 N–H and O–H groups in total. The summed E-state index contributed by atoms with van der Waals surface area (Å²) in [6.07, 6.45) is 5.58. The highest BCUT2D eigenvalue weighted by Gasteiger charge is 2.41. The molecule has 0 amide bonds. The van der Waals surface area contributed by atoms with E-state index in [2.05, 4.69) is 32.8 Å². The van der Waals surface area contributed by atoms with Crippen LogP contribution in [0, 0.1) is 0 Å². The first-order chi connectivity index (χ1) is 8.22. The van der Waals surface area contributed by atoms with Crippen molar-refractivity contribution >= 4 is 27.3 Å². The van der Waals surface area contributed by atoms with Crippen LogP contribution in [0.5, 0.6) is 0 Å². The van der Waals surface area contributed by atoms with Gasteiger partial charge in [-0.15, -0.1) is 11.3 Å². The molecule has 0 saturated heterocycles. The molecule has 1 aromatic heterocycles. The van der Waals surface area contributed by atoms with Crippen molar-refractivity contribution in [2.45, 2.75) is 43.7 Å². The molecular formula is C12H19BrN2OS. The van der Waals surface area contributed by atoms with Gasteiger partial charge in [0.2, 0.25) is 0 Å². The normalized spacial score (nSPS) is 20.6. The van der Waals surface area contributed by atoms with Crippen LogP contribution in [0.2, 0.25) is 0 Å². The number of halogens is 1. The molecule has 3 nitrogen and oxygen atoms in total. The number of nitrogens with one attached hydrogen (secondary N) is 1. The second kappa shape index (κ2) is 5.80. The fraction of sp³-hybridized carbons (Fsp3) is 0.667. The van der Waals surface area contributed by atoms with Crippen molar-refractivity contribution in [1.29, 1.82) is 0 Å². The van der Waals surface area contributed by atoms with Crippen LogP contribution in [0.4, 0.5) is 0 Å². The Bertz CT molecular complexity index is 363. The number of methoxy groups -OCH3 is 1. The Morgan fingerprint density at radius 2 is 2.29 bits per heavy atom. The van der Waals surface area contributed by atoms with Gasteiger partial charge in [-0.1, -0.05) is 12.8 Å². The molecule has 0 radical (unpaired) electrons. The van der Waals surface area contributed by atoms with Crippen molar-refractivity contribution in [3.8, 4) is 0 Å². The summed E-state index contributed by atoms with van der Waals surface area (Å²) in [7, 11) is 1.80. The molecule has 96 valence electrons. The molecule has 1 aliphatic rings. The highest BCUT2D eigenvalue weighted by Crippen LogP contribution is 2.37. The van der Waals surface area contributed by atoms with Gasteiger partial charge < -0.3 is 4.74 Å². The third-order valence-corrected chi connectivity index (χ3v) is 5.72. The third kappa shape index (κ3) is 2.74. The molecule has 1 fully saturated rings. The molecule has 1 saturated carbocycles. The van der Waals surface area contributed by atoms with Crippen molar-refractivity contribution < 1.29 is 4.74 Å². The summed E-state index contributed by atoms with van der Waals surface area (Å²) in [5.41, 5.74) is 2.88. The van der Waals surface area contributed by atoms with Gasteiger partial charge in [0.05, 0.1) is 11.6 Å². The molecule has 0 aliphatic heterocycles. The van der Waals surface area contributed by atoms with Crippen LogP contribution in [-0.2, 0) is 11.2 Å². The third-order valence-electron chi connectivity index (χ3n) is 3.77. The Balaban J connectivity index is 2.13. The lowest BCUT2D eigenvalue weighted by molar-refractivity contribution is -0.0354. The maximum absolute atomic E-state index is 5.79. The van der Waals surface area contributed by atoms with Gasteiger partial charge >= 0.3 is 0 Å². The molecule has 1 unspecified atom stereocenters. The average Bonchev–Trinajstić information content (AvgIpc) is 2.96. The van der Waals surface area contributed by atoms with Gasteiger partial charge in [0.25, 0.3) is 0 Å². The molecule has 2 rings (SSSR count). The van der Waals surface area contributed by atoms with Gasteiger partial charge in [-0.2, -0.15) is 0 Å². The second-order valence-electron chi connectivity index (χ2n) is 4.59. The van der Waals surface area contributed by atoms with E-state index in [0.717, 1.165) is 19.3 Å². The van der Waals surface area contributed by atoms with Gasteiger partial charge in [0.15, 0.2) is 0 Å². The quantitative estimate of drug-likeness (QED) is 0.648. The van der Waals surface area contributed by atoms with Crippen LogP contribution in [0.15, 0.2) is 15.9 Å². The van der Waals surface area contributed by atoms with E-state index >= 15 is 0 Å². The minimum atomic E-state index is -0.0851. The van der Waals surface area contributed by atoms with Crippen LogP contribution in [0.3, 0.4) is 0 Å². The zero-order valence-corrected chi connectivity index (χ0v) is 12.4. The number of hydrogen-bond donors (Lipinski definition) is 2. The Morgan fingerprint density at radius 1 is 1.59 bits per heavy atom. The highest BCUT2D eigenvalue weighted by molar-refractivity contribution is 9.10. The Morgan fingerprint density at radius 3 is 2.76 bits per heavy atom. The number of hydrogen-bond acceptors (Lipinski definition) is 4. The number of hydrazine groups is 1. The second-order valence-corrected chi connectivity index (χ2v) is 6.45. The number of thiophene rings is 1. The number of rotatable bonds is 5. The lowest BCUT2D eigenvalue weighted by Gasteiger charge is -2.35. The SMILES string of the molecule is COC1(C(Cc2sccc2Br)NN)CCCC1. The molecule has 1 heterocycles. The summed E-state index contributed by atoms with van der Waals surface area (Å²) >= 11 is 5.34. The topological polar surface area (TPSA) is 47.3 Å². The molecule has 17 heavy (non-hydrogen) atoms. The van der Waals surface area contributed by atoms with Crippen molar-refractivity contribution in [2.24, 2.45) is 5.84 Å². The fourth-order valence-electron chi connectivity index (χ4n) is 2.72. The molecule has 1 aliphatic carbocycles. The maximum atomic E-state index is 5.79. The summed E-state index contributed by atoms with van der Waals surface area (Å²) in [5, 5.41) is 2.10. The Kier molecular flexibility index (Phi) is 4.60. The maximum Gasteiger partial charge on any atom is 0.0847 e. The van der Waals surface area contributed by atoms with Crippen molar-refractivity contribution in [2.75, 3.05) is 7.11 Å². The summed E-state index contributed by atoms with van der Waals surface area (Å²) in [6.45, 7) is 0. The minimum absolute atomic E-state index is 0.0851. The fourth-order valence-corrected chi connectivity index (χ4v) is 4.28. The van der Waals surface area contributed by atoms with Gasteiger partial charge in [-0.05, 0) is 40.2 Å². The monoisotopic (exact) mass is 318 g/mol. The number of nitrogens with two attached hydrogens (primary N) is 1. The summed E-state index contributed by atoms with van der Waals surface area (Å²) in [5.74, 6) is 5.74. The van der Waals surface area contributed by atoms with Gasteiger partial charge in [-0.3, -0.25) is 11.3 Å². The van der Waals surface area contributed by atoms with Crippen molar-refractivity contribution in [3.63, 3.8) is 0 Å². The van der Waals surface area contributed by atoms with Crippen molar-refractivity contribution in [1.82, 2.24) is 5.43 Å². The van der Waals surface area contributed by atoms with E-state index in [9.17, 15) is 0 Å². The van der Waals surface area contributed by atoms with E-state index < -0.39 is 0 Å². The lowest BCUT2D eigenvalue weighted by atomic mass is 9.89. The van der Waals surface area contributed by atoms with Crippen LogP contribution >= 0.6 is 27.3 Å². The first kappa shape index (κ1) is 13.5. The van der Waals surface area contributed by atoms with Gasteiger partial charge in [0.1, 0.15) is 0 Å². The van der Waals surface area contributed by atoms with E-state index in [-0.39, 0.29) is 11.6 Å². The summed E-state index contributed by atoms with van der Waals surface area (Å²) in [6, 6.07) is 2.27. The van der Waals surface area contributed by atoms with Crippen molar-refractivity contribution in [3.05, 3.63) is 20.8 Å². The lowest BCUT2D eigenvalue weighted by Crippen LogP contribution is -2.54. The molecule has 0 spiro atoms. The predicted molar refractivity (Wildman–Crippen MR) is 75.0 cm³/mol. The summed E-state index contributed by atoms with van der Waals surface area (Å²) in [4.78, 5) is 1.33. The Hall–Kier alpha value is 0.0600. The Labute approximate surface area is 115 Å². The minimum Gasteiger partial charge on any atom is -0.377 e. The largest absolute Gasteiger partial charge is 0.377 e. The summed E-state index contributed by atoms with van der Waals surface area (Å²) < 4.78 is 6.96. The molecule has 5 heteroatoms. The van der Waals surface area contributed by atoms with Gasteiger partial charge in [0, 0.05) is 22.9 Å². The van der Waals surface area contributed by atoms with E-state index in [4.69, 9.17) is 10.6 Å². The zero-order valence-electron chi connectivity index (χ0n) is 10.0. The number of ether oxygens (including phenoxy) is 1. The van der Waals surface area contributed by atoms with Crippen LogP contribution < -0.4 is 11.3 Å². The highest BCUT2D eigenvalue weighted by atomic mass is 79.9. The van der Waals surface area contributed by atoms with E-state index in [0.29, 0.717) is 0 Å². The predicted octanol–water partition coefficient (Wildman–Crippen LogP) is 2.84. The molecular weight excluding hydrogens is 300 g/mol. The average molecular weight is 319 g/mol. The van der Waals surface area contributed by atoms with E-state index in [1.165, 1.54) is 22.2 Å². The van der Waals surface area contributed by atoms with Crippen LogP contribution in [0.25, 0.3) is 0 Å². The van der Waals surface area contributed by atoms with E-state index in [1.54, 1.807) is 18.4 Å². The molecule has 1 aromatic rings. The smallest absolute Gasteiger partial charge is 0.0847 e. The molecule has 1 atom stereocenters. The zero-order chi connectivity index (χ0) is 12.3. The first-order valence-corrected chi connectivity index (χ1v) is 7.62. The molecule has 0 aromatic carbocycles. The van der Waals surface area contributed by atoms with Gasteiger partial charge in [-0.25, -0.2) is 0 Å². The first-order valence-electron chi connectivity index (χ1n) is 5.95. The van der Waals surface area contributed by atoms with Crippen LogP contribution in [-0.4, -0.2) is 18.8 Å². The standard InChI is InChI=1S/C12H19BrN2OS/c1-16-12(5-2-3-6-12)11(15-14)8-10-9(13)4-7-17-10/h4,7,11,15H,2-3,5-6,8,14H2,1H3. The molecule has 0 bridgehead atoms. The van der Waals surface area contributed by atoms with Crippen LogP contribution in [0.1, 0.15) is 30.6 Å². The van der Waals surface area contributed by atoms with E-state index in [1.807, 2.05) is 0 Å².